The van der Waals surface area contributed by atoms with Crippen molar-refractivity contribution in [1.29, 1.82) is 0 Å². The molecule has 0 radical (unpaired) electrons. The van der Waals surface area contributed by atoms with E-state index in [1.165, 1.54) is 32.4 Å². The number of benzene rings is 1. The van der Waals surface area contributed by atoms with Gasteiger partial charge in [-0.1, -0.05) is 30.7 Å². The molecule has 3 aromatic rings. The summed E-state index contributed by atoms with van der Waals surface area (Å²) in [6.45, 7) is 4.51. The van der Waals surface area contributed by atoms with Crippen LogP contribution in [0.2, 0.25) is 0 Å². The third-order valence-electron chi connectivity index (χ3n) is 5.90. The molecule has 2 aromatic heterocycles. The number of pyridine rings is 2. The fourth-order valence-electron chi connectivity index (χ4n) is 4.16. The summed E-state index contributed by atoms with van der Waals surface area (Å²) in [6, 6.07) is 12.1. The van der Waals surface area contributed by atoms with Crippen molar-refractivity contribution in [2.75, 3.05) is 31.5 Å². The number of fused-ring (bicyclic) bond motifs is 1. The summed E-state index contributed by atoms with van der Waals surface area (Å²) in [5.41, 5.74) is 4.92. The van der Waals surface area contributed by atoms with Crippen LogP contribution in [-0.4, -0.2) is 52.1 Å². The standard InChI is InChI=1S/C25H30N4O2/c30-25(31)10-7-19-5-8-20(9-6-19)23-17-24(21-18-26-13-11-22(21)28-23)27-12-4-16-29-14-2-1-3-15-29/h5-6,8-9,11,13,17-18H,1-4,7,10,12,14-16H2,(H,27,28)(H,30,31). The number of carboxylic acids is 1. The van der Waals surface area contributed by atoms with Crippen LogP contribution in [0.15, 0.2) is 48.8 Å². The van der Waals surface area contributed by atoms with Gasteiger partial charge in [0.25, 0.3) is 0 Å². The Morgan fingerprint density at radius 1 is 1.10 bits per heavy atom. The van der Waals surface area contributed by atoms with Crippen molar-refractivity contribution in [2.24, 2.45) is 0 Å². The number of aryl methyl sites for hydroxylation is 1. The molecule has 3 heterocycles. The average Bonchev–Trinajstić information content (AvgIpc) is 2.81. The number of nitrogens with one attached hydrogen (secondary N) is 1. The maximum atomic E-state index is 10.8. The minimum atomic E-state index is -0.773. The number of hydrogen-bond donors (Lipinski definition) is 2. The molecule has 6 nitrogen and oxygen atoms in total. The third kappa shape index (κ3) is 5.79. The Morgan fingerprint density at radius 3 is 2.68 bits per heavy atom. The largest absolute Gasteiger partial charge is 0.481 e. The summed E-state index contributed by atoms with van der Waals surface area (Å²) in [7, 11) is 0. The molecule has 0 aliphatic carbocycles. The molecule has 1 saturated heterocycles. The van der Waals surface area contributed by atoms with Crippen molar-refractivity contribution in [3.8, 4) is 11.3 Å². The number of aromatic nitrogens is 2. The van der Waals surface area contributed by atoms with Crippen LogP contribution in [0.5, 0.6) is 0 Å². The van der Waals surface area contributed by atoms with Gasteiger partial charge >= 0.3 is 5.97 Å². The van der Waals surface area contributed by atoms with Crippen LogP contribution in [0.1, 0.15) is 37.7 Å². The monoisotopic (exact) mass is 418 g/mol. The van der Waals surface area contributed by atoms with Gasteiger partial charge in [-0.3, -0.25) is 9.78 Å². The molecule has 1 aliphatic rings. The Bertz CT molecular complexity index is 1010. The number of carbonyl (C=O) groups is 1. The zero-order valence-corrected chi connectivity index (χ0v) is 17.9. The fraction of sp³-hybridized carbons (Fsp3) is 0.400. The Morgan fingerprint density at radius 2 is 1.90 bits per heavy atom. The Labute approximate surface area is 183 Å². The number of rotatable bonds is 9. The molecule has 6 heteroatoms. The Balaban J connectivity index is 1.47. The van der Waals surface area contributed by atoms with Crippen molar-refractivity contribution in [2.45, 2.75) is 38.5 Å². The van der Waals surface area contributed by atoms with Gasteiger partial charge in [0.15, 0.2) is 0 Å². The molecule has 0 saturated carbocycles. The van der Waals surface area contributed by atoms with E-state index >= 15 is 0 Å². The van der Waals surface area contributed by atoms with Crippen molar-refractivity contribution < 1.29 is 9.90 Å². The van der Waals surface area contributed by atoms with E-state index < -0.39 is 5.97 Å². The number of piperidine rings is 1. The summed E-state index contributed by atoms with van der Waals surface area (Å²) in [5.74, 6) is -0.773. The number of hydrogen-bond acceptors (Lipinski definition) is 5. The van der Waals surface area contributed by atoms with Crippen LogP contribution in [0.3, 0.4) is 0 Å². The van der Waals surface area contributed by atoms with E-state index in [0.717, 1.165) is 52.9 Å². The molecule has 31 heavy (non-hydrogen) atoms. The van der Waals surface area contributed by atoms with Crippen molar-refractivity contribution in [3.63, 3.8) is 0 Å². The first-order valence-electron chi connectivity index (χ1n) is 11.2. The van der Waals surface area contributed by atoms with Crippen molar-refractivity contribution in [3.05, 3.63) is 54.4 Å². The lowest BCUT2D eigenvalue weighted by Gasteiger charge is -2.26. The fourth-order valence-corrected chi connectivity index (χ4v) is 4.16. The lowest BCUT2D eigenvalue weighted by atomic mass is 10.0. The molecule has 0 unspecified atom stereocenters. The predicted molar refractivity (Wildman–Crippen MR) is 124 cm³/mol. The Kier molecular flexibility index (Phi) is 7.10. The van der Waals surface area contributed by atoms with E-state index in [1.807, 2.05) is 36.5 Å². The van der Waals surface area contributed by atoms with Gasteiger partial charge in [0.1, 0.15) is 0 Å². The smallest absolute Gasteiger partial charge is 0.303 e. The summed E-state index contributed by atoms with van der Waals surface area (Å²) < 4.78 is 0. The number of anilines is 1. The SMILES string of the molecule is O=C(O)CCc1ccc(-c2cc(NCCCN3CCCCC3)c3cnccc3n2)cc1. The normalized spacial score (nSPS) is 14.6. The topological polar surface area (TPSA) is 78.4 Å². The minimum Gasteiger partial charge on any atom is -0.481 e. The maximum Gasteiger partial charge on any atom is 0.303 e. The van der Waals surface area contributed by atoms with Gasteiger partial charge in [-0.2, -0.15) is 0 Å². The van der Waals surface area contributed by atoms with Crippen LogP contribution in [0.25, 0.3) is 22.2 Å². The molecular weight excluding hydrogens is 388 g/mol. The van der Waals surface area contributed by atoms with Gasteiger partial charge in [-0.05, 0) is 63.0 Å². The number of likely N-dealkylation sites (tertiary alicyclic amines) is 1. The first-order valence-corrected chi connectivity index (χ1v) is 11.2. The highest BCUT2D eigenvalue weighted by molar-refractivity contribution is 5.93. The molecule has 0 atom stereocenters. The third-order valence-corrected chi connectivity index (χ3v) is 5.90. The van der Waals surface area contributed by atoms with Crippen molar-refractivity contribution >= 4 is 22.6 Å². The van der Waals surface area contributed by atoms with Crippen LogP contribution < -0.4 is 5.32 Å². The molecule has 2 N–H and O–H groups in total. The number of aliphatic carboxylic acids is 1. The number of carboxylic acid groups (broad SMARTS) is 1. The Hall–Kier alpha value is -2.99. The van der Waals surface area contributed by atoms with Gasteiger partial charge in [0.2, 0.25) is 0 Å². The second-order valence-electron chi connectivity index (χ2n) is 8.22. The highest BCUT2D eigenvalue weighted by Gasteiger charge is 2.11. The molecular formula is C25H30N4O2. The van der Waals surface area contributed by atoms with Gasteiger partial charge in [0, 0.05) is 42.0 Å². The predicted octanol–water partition coefficient (Wildman–Crippen LogP) is 4.60. The molecule has 1 aromatic carbocycles. The second-order valence-corrected chi connectivity index (χ2v) is 8.22. The van der Waals surface area contributed by atoms with Crippen LogP contribution in [0, 0.1) is 0 Å². The van der Waals surface area contributed by atoms with Gasteiger partial charge in [-0.15, -0.1) is 0 Å². The molecule has 0 spiro atoms. The maximum absolute atomic E-state index is 10.8. The number of nitrogens with zero attached hydrogens (tertiary/aromatic N) is 3. The zero-order chi connectivity index (χ0) is 21.5. The van der Waals surface area contributed by atoms with E-state index in [9.17, 15) is 4.79 Å². The lowest BCUT2D eigenvalue weighted by Crippen LogP contribution is -2.31. The van der Waals surface area contributed by atoms with Crippen molar-refractivity contribution in [1.82, 2.24) is 14.9 Å². The molecule has 162 valence electrons. The van der Waals surface area contributed by atoms with Gasteiger partial charge in [-0.25, -0.2) is 4.98 Å². The summed E-state index contributed by atoms with van der Waals surface area (Å²) in [6.07, 6.45) is 9.45. The lowest BCUT2D eigenvalue weighted by molar-refractivity contribution is -0.136. The minimum absolute atomic E-state index is 0.145. The van der Waals surface area contributed by atoms with E-state index in [1.54, 1.807) is 6.20 Å². The van der Waals surface area contributed by atoms with E-state index in [-0.39, 0.29) is 6.42 Å². The van der Waals surface area contributed by atoms with Gasteiger partial charge < -0.3 is 15.3 Å². The molecule has 1 aliphatic heterocycles. The zero-order valence-electron chi connectivity index (χ0n) is 17.9. The first kappa shape index (κ1) is 21.2. The average molecular weight is 419 g/mol. The molecule has 0 amide bonds. The summed E-state index contributed by atoms with van der Waals surface area (Å²) in [5, 5.41) is 13.5. The van der Waals surface area contributed by atoms with Crippen LogP contribution >= 0.6 is 0 Å². The first-order chi connectivity index (χ1) is 15.2. The van der Waals surface area contributed by atoms with Gasteiger partial charge in [0.05, 0.1) is 11.2 Å². The summed E-state index contributed by atoms with van der Waals surface area (Å²) >= 11 is 0. The molecule has 4 rings (SSSR count). The summed E-state index contributed by atoms with van der Waals surface area (Å²) in [4.78, 5) is 22.5. The van der Waals surface area contributed by atoms with Crippen LogP contribution in [0.4, 0.5) is 5.69 Å². The highest BCUT2D eigenvalue weighted by atomic mass is 16.4. The highest BCUT2D eigenvalue weighted by Crippen LogP contribution is 2.28. The molecule has 0 bridgehead atoms. The quantitative estimate of drug-likeness (QED) is 0.495. The van der Waals surface area contributed by atoms with E-state index in [4.69, 9.17) is 10.1 Å². The van der Waals surface area contributed by atoms with Crippen LogP contribution in [-0.2, 0) is 11.2 Å². The second kappa shape index (κ2) is 10.4. The van der Waals surface area contributed by atoms with E-state index in [2.05, 4.69) is 21.3 Å². The van der Waals surface area contributed by atoms with E-state index in [0.29, 0.717) is 6.42 Å². The molecule has 1 fully saturated rings.